The SMILES string of the molecule is CC(=O)O.CC(=O)O.CC(=O)O.CC(C)C(C)C(=O)O.CCC(C)(CC)C(C)OO.CCC(C)C(=O)O.CCC(CC)C(=O)O.CCC1CCC(CC)CC1.CCC1CCCC(CC)C1C(=O)O.CCCC(C)C(=O)O.CCCC(CC)C(=O)O.CCc1ccc(CC)cc1.Cc1ccc(C)cc1. The Morgan fingerprint density at radius 1 is 0.427 bits per heavy atom. The molecule has 0 heterocycles. The molecule has 2 aliphatic rings. The van der Waals surface area contributed by atoms with Gasteiger partial charge in [0.15, 0.2) is 0 Å². The summed E-state index contributed by atoms with van der Waals surface area (Å²) in [6, 6.07) is 17.3. The van der Waals surface area contributed by atoms with Crippen LogP contribution in [0.1, 0.15) is 323 Å². The van der Waals surface area contributed by atoms with Gasteiger partial charge < -0.3 is 46.0 Å². The number of benzene rings is 2. The van der Waals surface area contributed by atoms with Crippen LogP contribution in [0.2, 0.25) is 0 Å². The maximum absolute atomic E-state index is 11.1. The molecule has 0 bridgehead atoms. The maximum Gasteiger partial charge on any atom is 0.307 e. The quantitative estimate of drug-likeness (QED) is 0.0326. The van der Waals surface area contributed by atoms with Crippen molar-refractivity contribution in [3.8, 4) is 0 Å². The number of aliphatic carboxylic acids is 9. The number of carboxylic acids is 9. The predicted octanol–water partition coefficient (Wildman–Crippen LogP) is 22.0. The second-order valence-electron chi connectivity index (χ2n) is 27.3. The van der Waals surface area contributed by atoms with Crippen molar-refractivity contribution >= 4 is 53.7 Å². The fourth-order valence-electron chi connectivity index (χ4n) is 9.86. The van der Waals surface area contributed by atoms with Gasteiger partial charge in [-0.25, -0.2) is 4.89 Å². The largest absolute Gasteiger partial charge is 0.481 e. The molecule has 20 heteroatoms. The zero-order valence-corrected chi connectivity index (χ0v) is 69.4. The van der Waals surface area contributed by atoms with Crippen molar-refractivity contribution in [2.75, 3.05) is 0 Å². The van der Waals surface area contributed by atoms with Gasteiger partial charge in [0, 0.05) is 20.8 Å². The van der Waals surface area contributed by atoms with E-state index in [-0.39, 0.29) is 52.9 Å². The molecule has 7 unspecified atom stereocenters. The average Bonchev–Trinajstić information content (AvgIpc) is 0.845. The summed E-state index contributed by atoms with van der Waals surface area (Å²) < 4.78 is 0. The highest BCUT2D eigenvalue weighted by Gasteiger charge is 2.36. The summed E-state index contributed by atoms with van der Waals surface area (Å²) in [5.74, 6) is -4.13. The van der Waals surface area contributed by atoms with Crippen LogP contribution in [0.25, 0.3) is 0 Å². The van der Waals surface area contributed by atoms with Crippen LogP contribution in [0.5, 0.6) is 0 Å². The van der Waals surface area contributed by atoms with Gasteiger partial charge in [0.2, 0.25) is 0 Å². The summed E-state index contributed by atoms with van der Waals surface area (Å²) in [6.07, 6.45) is 25.1. The highest BCUT2D eigenvalue weighted by molar-refractivity contribution is 5.72. The molecule has 2 saturated carbocycles. The highest BCUT2D eigenvalue weighted by atomic mass is 17.1. The van der Waals surface area contributed by atoms with E-state index >= 15 is 0 Å². The van der Waals surface area contributed by atoms with E-state index in [0.29, 0.717) is 11.8 Å². The normalized spacial score (nSPS) is 16.5. The molecule has 2 aliphatic carbocycles. The molecule has 0 radical (unpaired) electrons. The summed E-state index contributed by atoms with van der Waals surface area (Å²) >= 11 is 0. The van der Waals surface area contributed by atoms with Crippen LogP contribution in [-0.2, 0) is 60.9 Å². The lowest BCUT2D eigenvalue weighted by atomic mass is 9.70. The van der Waals surface area contributed by atoms with Crippen LogP contribution >= 0.6 is 0 Å². The molecule has 0 aromatic heterocycles. The Morgan fingerprint density at radius 2 is 0.738 bits per heavy atom. The van der Waals surface area contributed by atoms with E-state index in [0.717, 1.165) is 135 Å². The number of aryl methyl sites for hydroxylation is 4. The smallest absolute Gasteiger partial charge is 0.307 e. The van der Waals surface area contributed by atoms with Gasteiger partial charge in [-0.2, -0.15) is 0 Å². The Morgan fingerprint density at radius 3 is 0.864 bits per heavy atom. The van der Waals surface area contributed by atoms with Gasteiger partial charge in [-0.05, 0) is 144 Å². The fraction of sp³-hybridized carbons (Fsp3) is 0.747. The van der Waals surface area contributed by atoms with E-state index in [2.05, 4.69) is 130 Å². The van der Waals surface area contributed by atoms with Crippen molar-refractivity contribution in [2.24, 2.45) is 70.5 Å². The predicted molar refractivity (Wildman–Crippen MR) is 420 cm³/mol. The Kier molecular flexibility index (Phi) is 84.1. The van der Waals surface area contributed by atoms with E-state index in [4.69, 9.17) is 65.6 Å². The molecule has 2 fully saturated rings. The van der Waals surface area contributed by atoms with Gasteiger partial charge in [0.25, 0.3) is 17.9 Å². The molecule has 0 spiro atoms. The monoisotopic (exact) mass is 1470 g/mol. The van der Waals surface area contributed by atoms with Crippen molar-refractivity contribution < 1.29 is 99.3 Å². The minimum absolute atomic E-state index is 0.0660. The number of carbonyl (C=O) groups is 9. The topological polar surface area (TPSA) is 365 Å². The lowest BCUT2D eigenvalue weighted by molar-refractivity contribution is -0.298. The van der Waals surface area contributed by atoms with Gasteiger partial charge in [0.05, 0.1) is 41.6 Å². The van der Waals surface area contributed by atoms with Crippen LogP contribution in [-0.4, -0.2) is 111 Å². The Hall–Kier alpha value is -6.41. The average molecular weight is 1470 g/mol. The lowest BCUT2D eigenvalue weighted by Crippen LogP contribution is -2.33. The molecule has 103 heavy (non-hydrogen) atoms. The van der Waals surface area contributed by atoms with Crippen LogP contribution in [0.15, 0.2) is 48.5 Å². The van der Waals surface area contributed by atoms with E-state index in [1.165, 1.54) is 67.2 Å². The van der Waals surface area contributed by atoms with Crippen molar-refractivity contribution in [3.05, 3.63) is 70.8 Å². The first-order chi connectivity index (χ1) is 47.9. The van der Waals surface area contributed by atoms with Crippen LogP contribution in [0.4, 0.5) is 0 Å². The molecule has 20 nitrogen and oxygen atoms in total. The molecule has 4 rings (SSSR count). The van der Waals surface area contributed by atoms with Crippen LogP contribution in [0, 0.1) is 84.4 Å². The molecular formula is C83H154O20. The molecule has 0 amide bonds. The maximum atomic E-state index is 11.1. The molecule has 2 aromatic carbocycles. The second-order valence-corrected chi connectivity index (χ2v) is 27.3. The standard InChI is InChI=1S/C11H20O2.C10H20.C10H14.C8H18O2.C8H10.C7H14O2.3C6H12O2.C5H10O2.3C2H4O2/c1-3-8-6-5-7-9(4-2)10(8)11(12)13;2*1-3-9-5-7-10(4-2)8-6-9;1-5-8(4,6-2)7(3)10-9;1-7-3-5-8(2)6-4-7;1-3-5-6(4-2)7(8)9;1-4(2)5(3)6(7)8;1-3-4-5(2)6(7)8;1-3-5(4-2)6(7)8;1-3-4(2)5(6)7;3*1-2(3)4/h8-10H,3-7H2,1-2H3,(H,12,13);9-10H,3-8H2,1-2H3;5-8H,3-4H2,1-2H3;7,9H,5-6H2,1-4H3;3-6H,1-2H3;6H,3-5H2,1-2H3,(H,8,9);4-5H,1-3H3,(H,7,8);2*5H,3-4H2,1-2H3,(H,7,8);4H,3H2,1-2H3,(H,6,7);3*1H3,(H,3,4). The third kappa shape index (κ3) is 75.1. The minimum atomic E-state index is -0.833. The third-order valence-electron chi connectivity index (χ3n) is 18.8. The second kappa shape index (κ2) is 75.3. The zero-order valence-electron chi connectivity index (χ0n) is 69.4. The van der Waals surface area contributed by atoms with Gasteiger partial charge in [-0.3, -0.25) is 48.4 Å². The van der Waals surface area contributed by atoms with Gasteiger partial charge in [-0.1, -0.05) is 269 Å². The summed E-state index contributed by atoms with van der Waals surface area (Å²) in [7, 11) is 0. The van der Waals surface area contributed by atoms with Gasteiger partial charge in [0.1, 0.15) is 0 Å². The molecule has 0 saturated heterocycles. The first-order valence-electron chi connectivity index (χ1n) is 38.2. The molecule has 606 valence electrons. The molecule has 0 aliphatic heterocycles. The molecule has 7 atom stereocenters. The summed E-state index contributed by atoms with van der Waals surface area (Å²) in [5.41, 5.74) is 5.63. The Bertz CT molecular complexity index is 2230. The molecular weight excluding hydrogens is 1320 g/mol. The van der Waals surface area contributed by atoms with Crippen LogP contribution < -0.4 is 0 Å². The van der Waals surface area contributed by atoms with Crippen molar-refractivity contribution in [1.29, 1.82) is 0 Å². The van der Waals surface area contributed by atoms with Gasteiger partial charge >= 0.3 is 35.8 Å². The number of hydrogen-bond donors (Lipinski definition) is 10. The van der Waals surface area contributed by atoms with E-state index in [1.54, 1.807) is 20.8 Å². The van der Waals surface area contributed by atoms with Crippen molar-refractivity contribution in [3.63, 3.8) is 0 Å². The van der Waals surface area contributed by atoms with Crippen molar-refractivity contribution in [2.45, 2.75) is 334 Å². The highest BCUT2D eigenvalue weighted by Crippen LogP contribution is 2.38. The third-order valence-corrected chi connectivity index (χ3v) is 18.8. The number of hydrogen-bond acceptors (Lipinski definition) is 11. The number of carboxylic acid groups (broad SMARTS) is 9. The first-order valence-corrected chi connectivity index (χ1v) is 38.2. The zero-order chi connectivity index (χ0) is 82.6. The minimum Gasteiger partial charge on any atom is -0.481 e. The van der Waals surface area contributed by atoms with E-state index in [1.807, 2.05) is 62.3 Å². The Balaban J connectivity index is -0.000000134. The molecule has 10 N–H and O–H groups in total. The number of rotatable bonds is 25. The Labute approximate surface area is 625 Å². The van der Waals surface area contributed by atoms with E-state index < -0.39 is 53.7 Å². The summed E-state index contributed by atoms with van der Waals surface area (Å²) in [5, 5.41) is 81.5. The fourth-order valence-corrected chi connectivity index (χ4v) is 9.86. The lowest BCUT2D eigenvalue weighted by Gasteiger charge is -2.34. The first kappa shape index (κ1) is 115. The summed E-state index contributed by atoms with van der Waals surface area (Å²) in [6.45, 7) is 49.4. The molecule has 2 aromatic rings. The van der Waals surface area contributed by atoms with E-state index in [9.17, 15) is 28.8 Å². The van der Waals surface area contributed by atoms with Crippen molar-refractivity contribution in [1.82, 2.24) is 0 Å². The van der Waals surface area contributed by atoms with Crippen LogP contribution in [0.3, 0.4) is 0 Å². The summed E-state index contributed by atoms with van der Waals surface area (Å²) in [4.78, 5) is 93.0. The van der Waals surface area contributed by atoms with Gasteiger partial charge in [-0.15, -0.1) is 0 Å².